The lowest BCUT2D eigenvalue weighted by Gasteiger charge is -2.00. The van der Waals surface area contributed by atoms with E-state index in [2.05, 4.69) is 11.4 Å². The van der Waals surface area contributed by atoms with E-state index in [4.69, 9.17) is 21.0 Å². The molecule has 0 bridgehead atoms. The number of thiophene rings is 1. The Bertz CT molecular complexity index is 902. The predicted octanol–water partition coefficient (Wildman–Crippen LogP) is 1.21. The number of nitriles is 1. The Balaban J connectivity index is 0.000000463. The summed E-state index contributed by atoms with van der Waals surface area (Å²) in [5.74, 6) is -0.803. The lowest BCUT2D eigenvalue weighted by Crippen LogP contribution is -2.35. The first-order valence-electron chi connectivity index (χ1n) is 6.04. The third-order valence-electron chi connectivity index (χ3n) is 2.53. The van der Waals surface area contributed by atoms with Crippen LogP contribution in [0.5, 0.6) is 0 Å². The molecule has 1 aromatic heterocycles. The molecule has 1 amide bonds. The summed E-state index contributed by atoms with van der Waals surface area (Å²) < 4.78 is 26.7. The number of aryl methyl sites for hydroxylation is 1. The van der Waals surface area contributed by atoms with Gasteiger partial charge in [0.05, 0.1) is 22.8 Å². The number of fused-ring (bicyclic) bond motifs is 1. The van der Waals surface area contributed by atoms with Crippen molar-refractivity contribution in [3.63, 3.8) is 0 Å². The molecule has 0 aliphatic heterocycles. The van der Waals surface area contributed by atoms with Gasteiger partial charge >= 0.3 is 0 Å². The highest BCUT2D eigenvalue weighted by Gasteiger charge is 2.17. The number of guanidine groups is 1. The van der Waals surface area contributed by atoms with Gasteiger partial charge in [0.2, 0.25) is 0 Å². The van der Waals surface area contributed by atoms with E-state index in [0.717, 1.165) is 15.6 Å². The number of nitrogens with two attached hydrogens (primary N) is 1. The van der Waals surface area contributed by atoms with Crippen LogP contribution < -0.4 is 11.1 Å². The highest BCUT2D eigenvalue weighted by Crippen LogP contribution is 2.32. The van der Waals surface area contributed by atoms with Crippen molar-refractivity contribution in [2.24, 2.45) is 5.73 Å². The van der Waals surface area contributed by atoms with E-state index in [1.54, 1.807) is 19.1 Å². The second-order valence-corrected chi connectivity index (χ2v) is 6.97. The van der Waals surface area contributed by atoms with Crippen LogP contribution in [0.3, 0.4) is 0 Å². The molecule has 23 heavy (non-hydrogen) atoms. The SMILES string of the molecule is CS(=O)(=O)O.Cc1c(C(=O)NC(=N)N)sc2cccc(C#N)c12. The molecule has 5 N–H and O–H groups in total. The molecular formula is C13H14N4O4S2. The van der Waals surface area contributed by atoms with Gasteiger partial charge in [-0.2, -0.15) is 13.7 Å². The molecule has 10 heteroatoms. The molecule has 122 valence electrons. The first-order chi connectivity index (χ1) is 10.5. The molecular weight excluding hydrogens is 340 g/mol. The second-order valence-electron chi connectivity index (χ2n) is 4.45. The highest BCUT2D eigenvalue weighted by molar-refractivity contribution is 7.85. The van der Waals surface area contributed by atoms with Gasteiger partial charge in [0.1, 0.15) is 0 Å². The number of carbonyl (C=O) groups excluding carboxylic acids is 1. The van der Waals surface area contributed by atoms with E-state index in [1.165, 1.54) is 11.3 Å². The number of benzene rings is 1. The minimum Gasteiger partial charge on any atom is -0.370 e. The van der Waals surface area contributed by atoms with Crippen molar-refractivity contribution < 1.29 is 17.8 Å². The number of amides is 1. The summed E-state index contributed by atoms with van der Waals surface area (Å²) in [4.78, 5) is 12.3. The topological polar surface area (TPSA) is 157 Å². The summed E-state index contributed by atoms with van der Waals surface area (Å²) in [6, 6.07) is 7.47. The van der Waals surface area contributed by atoms with E-state index in [0.29, 0.717) is 16.7 Å². The van der Waals surface area contributed by atoms with Crippen LogP contribution in [0.25, 0.3) is 10.1 Å². The van der Waals surface area contributed by atoms with Gasteiger partial charge in [-0.1, -0.05) is 6.07 Å². The molecule has 2 aromatic rings. The number of hydrogen-bond donors (Lipinski definition) is 4. The smallest absolute Gasteiger partial charge is 0.268 e. The van der Waals surface area contributed by atoms with Gasteiger partial charge in [-0.3, -0.25) is 20.1 Å². The zero-order valence-electron chi connectivity index (χ0n) is 12.2. The molecule has 0 aliphatic carbocycles. The zero-order chi connectivity index (χ0) is 17.8. The quantitative estimate of drug-likeness (QED) is 0.342. The molecule has 0 saturated carbocycles. The molecule has 1 heterocycles. The van der Waals surface area contributed by atoms with Gasteiger partial charge in [-0.15, -0.1) is 11.3 Å². The monoisotopic (exact) mass is 354 g/mol. The minimum absolute atomic E-state index is 0.391. The predicted molar refractivity (Wildman–Crippen MR) is 88.1 cm³/mol. The number of nitrogens with one attached hydrogen (secondary N) is 2. The molecule has 2 rings (SSSR count). The Morgan fingerprint density at radius 2 is 2.04 bits per heavy atom. The Morgan fingerprint density at radius 1 is 1.48 bits per heavy atom. The number of carbonyl (C=O) groups is 1. The molecule has 0 saturated heterocycles. The lowest BCUT2D eigenvalue weighted by atomic mass is 10.1. The van der Waals surface area contributed by atoms with E-state index in [1.807, 2.05) is 6.07 Å². The van der Waals surface area contributed by atoms with Gasteiger partial charge in [0.15, 0.2) is 5.96 Å². The molecule has 0 fully saturated rings. The average Bonchev–Trinajstić information content (AvgIpc) is 2.74. The van der Waals surface area contributed by atoms with Gasteiger partial charge in [0, 0.05) is 10.1 Å². The summed E-state index contributed by atoms with van der Waals surface area (Å²) >= 11 is 1.29. The maximum atomic E-state index is 11.8. The summed E-state index contributed by atoms with van der Waals surface area (Å²) in [7, 11) is -3.67. The Morgan fingerprint density at radius 3 is 2.52 bits per heavy atom. The third-order valence-corrected chi connectivity index (χ3v) is 3.78. The first kappa shape index (κ1) is 18.6. The minimum atomic E-state index is -3.67. The molecule has 0 radical (unpaired) electrons. The van der Waals surface area contributed by atoms with Crippen LogP contribution in [-0.2, 0) is 10.1 Å². The van der Waals surface area contributed by atoms with Crippen LogP contribution in [0.4, 0.5) is 0 Å². The zero-order valence-corrected chi connectivity index (χ0v) is 13.9. The Hall–Kier alpha value is -2.48. The van der Waals surface area contributed by atoms with Crippen molar-refractivity contribution in [3.8, 4) is 6.07 Å². The molecule has 1 aromatic carbocycles. The number of nitrogens with zero attached hydrogens (tertiary/aromatic N) is 1. The largest absolute Gasteiger partial charge is 0.370 e. The van der Waals surface area contributed by atoms with Crippen LogP contribution in [0.15, 0.2) is 18.2 Å². The van der Waals surface area contributed by atoms with Crippen LogP contribution >= 0.6 is 11.3 Å². The van der Waals surface area contributed by atoms with Crippen LogP contribution in [0, 0.1) is 23.7 Å². The fourth-order valence-corrected chi connectivity index (χ4v) is 2.92. The number of rotatable bonds is 1. The Labute approximate surface area is 136 Å². The standard InChI is InChI=1S/C12H10N4OS.CH4O3S/c1-6-9-7(5-13)3-2-4-8(9)18-10(6)11(17)16-12(14)15;1-5(2,3)4/h2-4H,1H3,(H4,14,15,16,17);1H3,(H,2,3,4). The van der Waals surface area contributed by atoms with Crippen molar-refractivity contribution in [2.45, 2.75) is 6.92 Å². The van der Waals surface area contributed by atoms with Crippen molar-refractivity contribution in [3.05, 3.63) is 34.2 Å². The van der Waals surface area contributed by atoms with E-state index < -0.39 is 22.0 Å². The number of hydrogen-bond acceptors (Lipinski definition) is 6. The van der Waals surface area contributed by atoms with E-state index in [9.17, 15) is 13.2 Å². The maximum Gasteiger partial charge on any atom is 0.268 e. The third kappa shape index (κ3) is 5.33. The molecule has 0 unspecified atom stereocenters. The van der Waals surface area contributed by atoms with Crippen LogP contribution in [0.2, 0.25) is 0 Å². The van der Waals surface area contributed by atoms with Crippen LogP contribution in [0.1, 0.15) is 20.8 Å². The summed E-state index contributed by atoms with van der Waals surface area (Å²) in [5, 5.41) is 19.1. The van der Waals surface area contributed by atoms with Gasteiger partial charge < -0.3 is 5.73 Å². The fourth-order valence-electron chi connectivity index (χ4n) is 1.79. The average molecular weight is 354 g/mol. The van der Waals surface area contributed by atoms with E-state index >= 15 is 0 Å². The van der Waals surface area contributed by atoms with Crippen molar-refractivity contribution >= 4 is 43.4 Å². The lowest BCUT2D eigenvalue weighted by molar-refractivity contribution is 0.0980. The molecule has 0 atom stereocenters. The second kappa shape index (κ2) is 7.19. The molecule has 0 aliphatic rings. The Kier molecular flexibility index (Phi) is 5.80. The summed E-state index contributed by atoms with van der Waals surface area (Å²) in [6.07, 6.45) is 0.715. The molecule has 8 nitrogen and oxygen atoms in total. The summed E-state index contributed by atoms with van der Waals surface area (Å²) in [6.45, 7) is 1.79. The normalized spacial score (nSPS) is 10.3. The van der Waals surface area contributed by atoms with Gasteiger partial charge in [-0.25, -0.2) is 0 Å². The maximum absolute atomic E-state index is 11.8. The summed E-state index contributed by atoms with van der Waals surface area (Å²) in [5.41, 5.74) is 6.42. The van der Waals surface area contributed by atoms with Gasteiger partial charge in [-0.05, 0) is 24.6 Å². The first-order valence-corrected chi connectivity index (χ1v) is 8.71. The highest BCUT2D eigenvalue weighted by atomic mass is 32.2. The van der Waals surface area contributed by atoms with Crippen molar-refractivity contribution in [1.82, 2.24) is 5.32 Å². The molecule has 0 spiro atoms. The van der Waals surface area contributed by atoms with Crippen molar-refractivity contribution in [1.29, 1.82) is 10.7 Å². The fraction of sp³-hybridized carbons (Fsp3) is 0.154. The van der Waals surface area contributed by atoms with Crippen molar-refractivity contribution in [2.75, 3.05) is 6.26 Å². The van der Waals surface area contributed by atoms with E-state index in [-0.39, 0.29) is 0 Å². The van der Waals surface area contributed by atoms with Crippen LogP contribution in [-0.4, -0.2) is 31.1 Å². The van der Waals surface area contributed by atoms with Gasteiger partial charge in [0.25, 0.3) is 16.0 Å².